The average molecular weight is 817 g/mol. The molecule has 0 saturated heterocycles. The van der Waals surface area contributed by atoms with E-state index in [1.807, 2.05) is 60.2 Å². The van der Waals surface area contributed by atoms with Gasteiger partial charge in [0, 0.05) is 54.5 Å². The van der Waals surface area contributed by atoms with E-state index in [1.165, 1.54) is 19.6 Å². The van der Waals surface area contributed by atoms with Gasteiger partial charge in [-0.25, -0.2) is 19.9 Å². The molecule has 274 valence electrons. The highest BCUT2D eigenvalue weighted by molar-refractivity contribution is 8.00. The van der Waals surface area contributed by atoms with Crippen LogP contribution in [0.2, 0.25) is 0 Å². The van der Waals surface area contributed by atoms with E-state index in [2.05, 4.69) is 153 Å². The van der Waals surface area contributed by atoms with Crippen LogP contribution in [0.5, 0.6) is 0 Å². The number of anilines is 6. The summed E-state index contributed by atoms with van der Waals surface area (Å²) in [5.74, 6) is 0. The third-order valence-corrected chi connectivity index (χ3v) is 14.7. The van der Waals surface area contributed by atoms with Crippen molar-refractivity contribution in [3.63, 3.8) is 0 Å². The fourth-order valence-corrected chi connectivity index (χ4v) is 11.7. The van der Waals surface area contributed by atoms with E-state index < -0.39 is 0 Å². The summed E-state index contributed by atoms with van der Waals surface area (Å²) in [5.41, 5.74) is 12.7. The summed E-state index contributed by atoms with van der Waals surface area (Å²) in [6.07, 6.45) is 3.68. The van der Waals surface area contributed by atoms with Gasteiger partial charge in [0.25, 0.3) is 0 Å². The highest BCUT2D eigenvalue weighted by Crippen LogP contribution is 2.54. The summed E-state index contributed by atoms with van der Waals surface area (Å²) >= 11 is 6.88. The third kappa shape index (κ3) is 5.71. The van der Waals surface area contributed by atoms with Crippen LogP contribution in [0.4, 0.5) is 34.1 Å². The van der Waals surface area contributed by atoms with Crippen molar-refractivity contribution >= 4 is 101 Å². The summed E-state index contributed by atoms with van der Waals surface area (Å²) in [7, 11) is 0. The number of nitrogens with zero attached hydrogens (tertiary/aromatic N) is 6. The van der Waals surface area contributed by atoms with Crippen LogP contribution >= 0.6 is 46.2 Å². The van der Waals surface area contributed by atoms with E-state index in [0.717, 1.165) is 87.1 Å². The molecule has 2 aliphatic heterocycles. The molecule has 6 heterocycles. The van der Waals surface area contributed by atoms with Crippen LogP contribution in [0.25, 0.3) is 53.0 Å². The number of para-hydroxylation sites is 4. The first kappa shape index (κ1) is 33.8. The standard InChI is InChI=1S/C48H28N6S4/c1-5-17-41-37(13-1)53(38-14-2-6-18-42(38)55-41)33-25-29(23-31(27-33)45-51-35-11-9-21-49-47(35)57-45)30-24-32(46-52-36-12-10-22-50-48(36)58-46)28-34(26-30)54-39-15-3-7-19-43(39)56-44-20-8-4-16-40(44)54/h1-28H. The number of fused-ring (bicyclic) bond motifs is 6. The van der Waals surface area contributed by atoms with Gasteiger partial charge in [-0.15, -0.1) is 0 Å². The maximum absolute atomic E-state index is 5.13. The largest absolute Gasteiger partial charge is 0.308 e. The lowest BCUT2D eigenvalue weighted by molar-refractivity contribution is 1.16. The Labute approximate surface area is 350 Å². The van der Waals surface area contributed by atoms with Crippen LogP contribution in [0.3, 0.4) is 0 Å². The molecule has 0 atom stereocenters. The zero-order valence-electron chi connectivity index (χ0n) is 30.5. The van der Waals surface area contributed by atoms with Gasteiger partial charge in [0.1, 0.15) is 30.7 Å². The predicted molar refractivity (Wildman–Crippen MR) is 242 cm³/mol. The smallest absolute Gasteiger partial charge is 0.143 e. The van der Waals surface area contributed by atoms with Crippen molar-refractivity contribution in [1.82, 2.24) is 19.9 Å². The van der Waals surface area contributed by atoms with Crippen LogP contribution in [0.1, 0.15) is 0 Å². The summed E-state index contributed by atoms with van der Waals surface area (Å²) in [6, 6.07) is 56.5. The third-order valence-electron chi connectivity index (χ3n) is 10.4. The fourth-order valence-electron chi connectivity index (χ4n) is 7.81. The highest BCUT2D eigenvalue weighted by Gasteiger charge is 2.28. The molecular formula is C48H28N6S4. The van der Waals surface area contributed by atoms with Crippen LogP contribution in [-0.2, 0) is 0 Å². The first-order chi connectivity index (χ1) is 28.7. The second-order valence-corrected chi connectivity index (χ2v) is 18.1. The Balaban J connectivity index is 1.13. The molecule has 4 aromatic heterocycles. The molecule has 6 aromatic carbocycles. The molecular weight excluding hydrogens is 789 g/mol. The zero-order chi connectivity index (χ0) is 38.2. The van der Waals surface area contributed by atoms with Crippen LogP contribution in [0.15, 0.2) is 190 Å². The molecule has 0 fully saturated rings. The Kier molecular flexibility index (Phi) is 7.97. The Morgan fingerprint density at radius 3 is 1.10 bits per heavy atom. The minimum atomic E-state index is 0.897. The van der Waals surface area contributed by atoms with E-state index in [9.17, 15) is 0 Å². The zero-order valence-corrected chi connectivity index (χ0v) is 33.7. The molecule has 10 heteroatoms. The van der Waals surface area contributed by atoms with Crippen molar-refractivity contribution < 1.29 is 0 Å². The van der Waals surface area contributed by atoms with Gasteiger partial charge in [0.05, 0.1) is 22.7 Å². The topological polar surface area (TPSA) is 58.0 Å². The summed E-state index contributed by atoms with van der Waals surface area (Å²) in [5, 5.41) is 1.85. The van der Waals surface area contributed by atoms with E-state index in [1.54, 1.807) is 22.7 Å². The highest BCUT2D eigenvalue weighted by atomic mass is 32.2. The van der Waals surface area contributed by atoms with Crippen LogP contribution in [-0.4, -0.2) is 19.9 Å². The molecule has 0 bridgehead atoms. The minimum Gasteiger partial charge on any atom is -0.308 e. The normalized spacial score (nSPS) is 13.0. The van der Waals surface area contributed by atoms with Gasteiger partial charge in [-0.1, -0.05) is 94.7 Å². The van der Waals surface area contributed by atoms with Crippen molar-refractivity contribution in [2.75, 3.05) is 9.80 Å². The molecule has 0 saturated carbocycles. The lowest BCUT2D eigenvalue weighted by Gasteiger charge is -2.34. The van der Waals surface area contributed by atoms with Gasteiger partial charge in [0.2, 0.25) is 0 Å². The molecule has 58 heavy (non-hydrogen) atoms. The summed E-state index contributed by atoms with van der Waals surface area (Å²) in [4.78, 5) is 31.1. The van der Waals surface area contributed by atoms with Gasteiger partial charge in [-0.2, -0.15) is 0 Å². The average Bonchev–Trinajstić information content (AvgIpc) is 3.92. The number of thiazole rings is 2. The Bertz CT molecular complexity index is 2870. The van der Waals surface area contributed by atoms with Crippen LogP contribution < -0.4 is 9.80 Å². The van der Waals surface area contributed by atoms with Gasteiger partial charge in [-0.3, -0.25) is 0 Å². The Morgan fingerprint density at radius 2 is 0.724 bits per heavy atom. The first-order valence-corrected chi connectivity index (χ1v) is 22.0. The number of pyridine rings is 2. The van der Waals surface area contributed by atoms with E-state index >= 15 is 0 Å². The van der Waals surface area contributed by atoms with E-state index in [4.69, 9.17) is 9.97 Å². The maximum atomic E-state index is 5.13. The maximum Gasteiger partial charge on any atom is 0.143 e. The fraction of sp³-hybridized carbons (Fsp3) is 0. The number of aromatic nitrogens is 4. The molecule has 0 radical (unpaired) electrons. The summed E-state index contributed by atoms with van der Waals surface area (Å²) in [6.45, 7) is 0. The van der Waals surface area contributed by atoms with Gasteiger partial charge >= 0.3 is 0 Å². The molecule has 0 spiro atoms. The van der Waals surface area contributed by atoms with E-state index in [-0.39, 0.29) is 0 Å². The lowest BCUT2D eigenvalue weighted by atomic mass is 9.98. The molecule has 12 rings (SSSR count). The Morgan fingerprint density at radius 1 is 0.362 bits per heavy atom. The molecule has 0 aliphatic carbocycles. The monoisotopic (exact) mass is 816 g/mol. The van der Waals surface area contributed by atoms with Crippen molar-refractivity contribution in [2.24, 2.45) is 0 Å². The lowest BCUT2D eigenvalue weighted by Crippen LogP contribution is -2.15. The minimum absolute atomic E-state index is 0.897. The van der Waals surface area contributed by atoms with Crippen molar-refractivity contribution in [2.45, 2.75) is 19.6 Å². The molecule has 0 amide bonds. The van der Waals surface area contributed by atoms with E-state index in [0.29, 0.717) is 0 Å². The molecule has 0 unspecified atom stereocenters. The molecule has 2 aliphatic rings. The van der Waals surface area contributed by atoms with Gasteiger partial charge in [0.15, 0.2) is 0 Å². The predicted octanol–water partition coefficient (Wildman–Crippen LogP) is 14.6. The summed E-state index contributed by atoms with van der Waals surface area (Å²) < 4.78 is 0. The SMILES string of the molecule is c1ccc2c(c1)Sc1ccccc1N2c1cc(-c2cc(-c3nc4cccnc4s3)cc(N3c4ccccc4Sc4ccccc43)c2)cc(-c2nc3cccnc3s2)c1. The molecule has 10 aromatic rings. The number of benzene rings is 6. The van der Waals surface area contributed by atoms with Crippen molar-refractivity contribution in [1.29, 1.82) is 0 Å². The second kappa shape index (κ2) is 13.7. The van der Waals surface area contributed by atoms with Crippen molar-refractivity contribution in [3.8, 4) is 32.3 Å². The Hall–Kier alpha value is -6.30. The van der Waals surface area contributed by atoms with Gasteiger partial charge < -0.3 is 9.80 Å². The molecule has 0 N–H and O–H groups in total. The van der Waals surface area contributed by atoms with Crippen molar-refractivity contribution in [3.05, 3.63) is 170 Å². The number of hydrogen-bond donors (Lipinski definition) is 0. The number of hydrogen-bond acceptors (Lipinski definition) is 10. The van der Waals surface area contributed by atoms with Crippen LogP contribution in [0, 0.1) is 0 Å². The quantitative estimate of drug-likeness (QED) is 0.170. The van der Waals surface area contributed by atoms with Gasteiger partial charge in [-0.05, 0) is 120 Å². The number of rotatable bonds is 5. The molecule has 6 nitrogen and oxygen atoms in total. The first-order valence-electron chi connectivity index (χ1n) is 18.8. The second-order valence-electron chi connectivity index (χ2n) is 14.0.